The summed E-state index contributed by atoms with van der Waals surface area (Å²) in [6, 6.07) is 7.29. The molecule has 0 unspecified atom stereocenters. The van der Waals surface area contributed by atoms with Gasteiger partial charge in [-0.05, 0) is 56.7 Å². The highest BCUT2D eigenvalue weighted by molar-refractivity contribution is 5.70. The zero-order valence-electron chi connectivity index (χ0n) is 14.9. The maximum Gasteiger partial charge on any atom is 0.0642 e. The van der Waals surface area contributed by atoms with Crippen molar-refractivity contribution in [2.75, 3.05) is 67.2 Å². The number of hydrogen-bond donors (Lipinski definition) is 0. The number of nitrogens with zero attached hydrogens (tertiary/aromatic N) is 3. The lowest BCUT2D eigenvalue weighted by Crippen LogP contribution is -2.37. The summed E-state index contributed by atoms with van der Waals surface area (Å²) in [5, 5.41) is 0. The number of benzene rings is 1. The molecule has 3 heterocycles. The van der Waals surface area contributed by atoms with E-state index < -0.39 is 0 Å². The van der Waals surface area contributed by atoms with E-state index in [1.807, 2.05) is 0 Å². The van der Waals surface area contributed by atoms with Crippen LogP contribution in [0.25, 0.3) is 0 Å². The van der Waals surface area contributed by atoms with Crippen molar-refractivity contribution in [3.63, 3.8) is 0 Å². The minimum atomic E-state index is 0.854. The van der Waals surface area contributed by atoms with Gasteiger partial charge in [0.25, 0.3) is 0 Å². The van der Waals surface area contributed by atoms with Gasteiger partial charge in [0.2, 0.25) is 0 Å². The SMILES string of the molecule is c1c(N2CCCCC2)cc(N2CCOCC2)cc1N1CCCCC1. The average Bonchev–Trinajstić information content (AvgIpc) is 2.70. The van der Waals surface area contributed by atoms with Crippen molar-refractivity contribution in [3.8, 4) is 0 Å². The normalized spacial score (nSPS) is 22.8. The van der Waals surface area contributed by atoms with E-state index in [1.54, 1.807) is 0 Å². The molecule has 1 aromatic rings. The van der Waals surface area contributed by atoms with E-state index in [2.05, 4.69) is 32.9 Å². The molecule has 3 aliphatic heterocycles. The van der Waals surface area contributed by atoms with Gasteiger partial charge in [0.15, 0.2) is 0 Å². The van der Waals surface area contributed by atoms with Crippen molar-refractivity contribution in [2.45, 2.75) is 38.5 Å². The molecule has 132 valence electrons. The zero-order valence-corrected chi connectivity index (χ0v) is 14.9. The predicted octanol–water partition coefficient (Wildman–Crippen LogP) is 3.50. The lowest BCUT2D eigenvalue weighted by Gasteiger charge is -2.35. The Labute approximate surface area is 146 Å². The first-order valence-electron chi connectivity index (χ1n) is 9.88. The van der Waals surface area contributed by atoms with Crippen molar-refractivity contribution >= 4 is 17.1 Å². The quantitative estimate of drug-likeness (QED) is 0.845. The highest BCUT2D eigenvalue weighted by Gasteiger charge is 2.19. The molecule has 0 aliphatic carbocycles. The highest BCUT2D eigenvalue weighted by Crippen LogP contribution is 2.33. The Morgan fingerprint density at radius 3 is 1.29 bits per heavy atom. The number of hydrogen-bond acceptors (Lipinski definition) is 4. The van der Waals surface area contributed by atoms with E-state index in [4.69, 9.17) is 4.74 Å². The van der Waals surface area contributed by atoms with Crippen LogP contribution in [0.3, 0.4) is 0 Å². The Morgan fingerprint density at radius 2 is 0.875 bits per heavy atom. The molecular weight excluding hydrogens is 298 g/mol. The summed E-state index contributed by atoms with van der Waals surface area (Å²) < 4.78 is 5.55. The second-order valence-corrected chi connectivity index (χ2v) is 7.40. The second-order valence-electron chi connectivity index (χ2n) is 7.40. The predicted molar refractivity (Wildman–Crippen MR) is 102 cm³/mol. The van der Waals surface area contributed by atoms with E-state index in [0.717, 1.165) is 26.3 Å². The van der Waals surface area contributed by atoms with Gasteiger partial charge < -0.3 is 19.4 Å². The molecule has 3 fully saturated rings. The molecule has 4 nitrogen and oxygen atoms in total. The van der Waals surface area contributed by atoms with Gasteiger partial charge in [-0.25, -0.2) is 0 Å². The number of anilines is 3. The van der Waals surface area contributed by atoms with Crippen molar-refractivity contribution in [1.82, 2.24) is 0 Å². The lowest BCUT2D eigenvalue weighted by molar-refractivity contribution is 0.122. The molecule has 4 heteroatoms. The molecular formula is C20H31N3O. The largest absolute Gasteiger partial charge is 0.378 e. The number of piperidine rings is 2. The molecule has 0 atom stereocenters. The van der Waals surface area contributed by atoms with Crippen molar-refractivity contribution in [2.24, 2.45) is 0 Å². The first-order chi connectivity index (χ1) is 11.9. The van der Waals surface area contributed by atoms with Crippen LogP contribution in [0.5, 0.6) is 0 Å². The van der Waals surface area contributed by atoms with Gasteiger partial charge in [-0.3, -0.25) is 0 Å². The molecule has 0 spiro atoms. The Morgan fingerprint density at radius 1 is 0.500 bits per heavy atom. The zero-order chi connectivity index (χ0) is 16.2. The molecule has 4 rings (SSSR count). The van der Waals surface area contributed by atoms with Crippen LogP contribution < -0.4 is 14.7 Å². The van der Waals surface area contributed by atoms with Crippen LogP contribution in [0.2, 0.25) is 0 Å². The van der Waals surface area contributed by atoms with Gasteiger partial charge in [0.05, 0.1) is 13.2 Å². The van der Waals surface area contributed by atoms with Crippen LogP contribution in [0.1, 0.15) is 38.5 Å². The van der Waals surface area contributed by atoms with E-state index in [1.165, 1.54) is 81.8 Å². The first-order valence-corrected chi connectivity index (χ1v) is 9.88. The van der Waals surface area contributed by atoms with Crippen LogP contribution in [-0.4, -0.2) is 52.5 Å². The maximum atomic E-state index is 5.55. The summed E-state index contributed by atoms with van der Waals surface area (Å²) in [5.41, 5.74) is 4.25. The van der Waals surface area contributed by atoms with Crippen LogP contribution in [0.15, 0.2) is 18.2 Å². The van der Waals surface area contributed by atoms with Crippen molar-refractivity contribution in [3.05, 3.63) is 18.2 Å². The van der Waals surface area contributed by atoms with Gasteiger partial charge in [-0.1, -0.05) is 0 Å². The van der Waals surface area contributed by atoms with E-state index in [-0.39, 0.29) is 0 Å². The van der Waals surface area contributed by atoms with Gasteiger partial charge in [0.1, 0.15) is 0 Å². The van der Waals surface area contributed by atoms with Crippen LogP contribution in [-0.2, 0) is 4.74 Å². The molecule has 0 radical (unpaired) electrons. The molecule has 0 bridgehead atoms. The van der Waals surface area contributed by atoms with Gasteiger partial charge in [-0.15, -0.1) is 0 Å². The second kappa shape index (κ2) is 7.64. The average molecular weight is 329 g/mol. The van der Waals surface area contributed by atoms with Crippen LogP contribution >= 0.6 is 0 Å². The number of morpholine rings is 1. The van der Waals surface area contributed by atoms with Crippen molar-refractivity contribution in [1.29, 1.82) is 0 Å². The minimum absolute atomic E-state index is 0.854. The summed E-state index contributed by atoms with van der Waals surface area (Å²) in [6.07, 6.45) is 8.11. The van der Waals surface area contributed by atoms with Crippen molar-refractivity contribution < 1.29 is 4.74 Å². The smallest absolute Gasteiger partial charge is 0.0642 e. The van der Waals surface area contributed by atoms with Gasteiger partial charge in [0, 0.05) is 56.3 Å². The number of ether oxygens (including phenoxy) is 1. The summed E-state index contributed by atoms with van der Waals surface area (Å²) in [6.45, 7) is 8.60. The van der Waals surface area contributed by atoms with Gasteiger partial charge in [-0.2, -0.15) is 0 Å². The molecule has 1 aromatic carbocycles. The third-order valence-electron chi connectivity index (χ3n) is 5.71. The third kappa shape index (κ3) is 3.64. The lowest BCUT2D eigenvalue weighted by atomic mass is 10.1. The standard InChI is InChI=1S/C20H31N3O/c1-3-7-21(8-4-1)18-15-19(22-9-5-2-6-10-22)17-20(16-18)23-11-13-24-14-12-23/h15-17H,1-14H2. The molecule has 3 aliphatic rings. The Balaban J connectivity index is 1.63. The van der Waals surface area contributed by atoms with Crippen LogP contribution in [0.4, 0.5) is 17.1 Å². The molecule has 3 saturated heterocycles. The molecule has 0 N–H and O–H groups in total. The fraction of sp³-hybridized carbons (Fsp3) is 0.700. The monoisotopic (exact) mass is 329 g/mol. The topological polar surface area (TPSA) is 19.0 Å². The minimum Gasteiger partial charge on any atom is -0.378 e. The molecule has 0 saturated carbocycles. The Bertz CT molecular complexity index is 441. The van der Waals surface area contributed by atoms with Gasteiger partial charge >= 0.3 is 0 Å². The summed E-state index contributed by atoms with van der Waals surface area (Å²) in [5.74, 6) is 0. The fourth-order valence-electron chi connectivity index (χ4n) is 4.25. The summed E-state index contributed by atoms with van der Waals surface area (Å²) >= 11 is 0. The fourth-order valence-corrected chi connectivity index (χ4v) is 4.25. The Kier molecular flexibility index (Phi) is 5.12. The van der Waals surface area contributed by atoms with E-state index in [9.17, 15) is 0 Å². The molecule has 0 aromatic heterocycles. The maximum absolute atomic E-state index is 5.55. The van der Waals surface area contributed by atoms with E-state index >= 15 is 0 Å². The molecule has 0 amide bonds. The first kappa shape index (κ1) is 16.1. The summed E-state index contributed by atoms with van der Waals surface area (Å²) in [4.78, 5) is 7.70. The Hall–Kier alpha value is -1.42. The third-order valence-corrected chi connectivity index (χ3v) is 5.71. The van der Waals surface area contributed by atoms with Crippen LogP contribution in [0, 0.1) is 0 Å². The number of rotatable bonds is 3. The highest BCUT2D eigenvalue weighted by atomic mass is 16.5. The summed E-state index contributed by atoms with van der Waals surface area (Å²) in [7, 11) is 0. The molecule has 24 heavy (non-hydrogen) atoms. The van der Waals surface area contributed by atoms with E-state index in [0.29, 0.717) is 0 Å².